The lowest BCUT2D eigenvalue weighted by Crippen LogP contribution is -2.11. The summed E-state index contributed by atoms with van der Waals surface area (Å²) in [5, 5.41) is 9.26. The summed E-state index contributed by atoms with van der Waals surface area (Å²) in [5.74, 6) is 0. The molecule has 3 nitrogen and oxygen atoms in total. The molecule has 53 heavy (non-hydrogen) atoms. The summed E-state index contributed by atoms with van der Waals surface area (Å²) in [6, 6.07) is 66.8. The standard InChI is InChI=1S/C50H31NO2/c1-2-12-33-27-37(24-23-32(33)11-1)34-15-9-16-38(28-34)51(39-25-26-42-41-18-6-8-22-47(41)52-49(42)31-39)46-21-7-5-17-40(46)43-19-10-20-44-45-29-35-13-3-4-14-36(35)30-48(45)53-50(43)44/h1-31H. The Morgan fingerprint density at radius 1 is 0.321 bits per heavy atom. The fourth-order valence-electron chi connectivity index (χ4n) is 8.07. The quantitative estimate of drug-likeness (QED) is 0.182. The first-order valence-electron chi connectivity index (χ1n) is 18.0. The molecule has 0 N–H and O–H groups in total. The van der Waals surface area contributed by atoms with E-state index in [2.05, 4.69) is 181 Å². The highest BCUT2D eigenvalue weighted by atomic mass is 16.3. The maximum absolute atomic E-state index is 6.76. The molecule has 0 aliphatic heterocycles. The van der Waals surface area contributed by atoms with E-state index in [0.29, 0.717) is 0 Å². The number of nitrogens with zero attached hydrogens (tertiary/aromatic N) is 1. The van der Waals surface area contributed by atoms with Crippen LogP contribution in [-0.2, 0) is 0 Å². The summed E-state index contributed by atoms with van der Waals surface area (Å²) in [5.41, 5.74) is 11.0. The second-order valence-electron chi connectivity index (χ2n) is 13.7. The van der Waals surface area contributed by atoms with Gasteiger partial charge in [0.15, 0.2) is 0 Å². The van der Waals surface area contributed by atoms with Crippen LogP contribution in [0.4, 0.5) is 17.1 Å². The van der Waals surface area contributed by atoms with Gasteiger partial charge in [-0.3, -0.25) is 0 Å². The molecule has 0 bridgehead atoms. The van der Waals surface area contributed by atoms with E-state index in [1.807, 2.05) is 12.1 Å². The van der Waals surface area contributed by atoms with Crippen molar-refractivity contribution in [3.8, 4) is 22.3 Å². The van der Waals surface area contributed by atoms with Crippen LogP contribution < -0.4 is 4.90 Å². The van der Waals surface area contributed by atoms with Gasteiger partial charge in [0.1, 0.15) is 22.3 Å². The lowest BCUT2D eigenvalue weighted by atomic mass is 9.98. The molecule has 0 unspecified atom stereocenters. The Kier molecular flexibility index (Phi) is 6.55. The van der Waals surface area contributed by atoms with Gasteiger partial charge in [0.05, 0.1) is 5.69 Å². The Morgan fingerprint density at radius 3 is 1.87 bits per heavy atom. The molecule has 0 atom stereocenters. The molecule has 0 amide bonds. The van der Waals surface area contributed by atoms with Crippen molar-refractivity contribution in [2.45, 2.75) is 0 Å². The lowest BCUT2D eigenvalue weighted by molar-refractivity contribution is 0.669. The molecule has 9 aromatic carbocycles. The fourth-order valence-corrected chi connectivity index (χ4v) is 8.07. The number of fused-ring (bicyclic) bond motifs is 8. The summed E-state index contributed by atoms with van der Waals surface area (Å²) in [6.07, 6.45) is 0. The van der Waals surface area contributed by atoms with Gasteiger partial charge in [-0.1, -0.05) is 127 Å². The highest BCUT2D eigenvalue weighted by molar-refractivity contribution is 6.14. The molecule has 0 saturated carbocycles. The van der Waals surface area contributed by atoms with E-state index in [4.69, 9.17) is 8.83 Å². The average molecular weight is 678 g/mol. The van der Waals surface area contributed by atoms with E-state index < -0.39 is 0 Å². The molecule has 0 radical (unpaired) electrons. The summed E-state index contributed by atoms with van der Waals surface area (Å²) >= 11 is 0. The van der Waals surface area contributed by atoms with E-state index >= 15 is 0 Å². The first kappa shape index (κ1) is 29.6. The van der Waals surface area contributed by atoms with Crippen LogP contribution in [0.5, 0.6) is 0 Å². The van der Waals surface area contributed by atoms with Gasteiger partial charge in [0.2, 0.25) is 0 Å². The molecule has 0 fully saturated rings. The minimum Gasteiger partial charge on any atom is -0.456 e. The largest absolute Gasteiger partial charge is 0.456 e. The Bertz CT molecular complexity index is 3200. The first-order valence-corrected chi connectivity index (χ1v) is 18.0. The molecular weight excluding hydrogens is 647 g/mol. The normalized spacial score (nSPS) is 11.8. The van der Waals surface area contributed by atoms with Crippen LogP contribution in [0.25, 0.3) is 87.7 Å². The zero-order valence-electron chi connectivity index (χ0n) is 28.7. The number of rotatable bonds is 5. The Labute approximate surface area is 305 Å². The molecule has 11 rings (SSSR count). The summed E-state index contributed by atoms with van der Waals surface area (Å²) in [6.45, 7) is 0. The van der Waals surface area contributed by atoms with Crippen molar-refractivity contribution in [2.75, 3.05) is 4.90 Å². The third-order valence-corrected chi connectivity index (χ3v) is 10.6. The second-order valence-corrected chi connectivity index (χ2v) is 13.7. The Balaban J connectivity index is 1.14. The zero-order chi connectivity index (χ0) is 34.9. The molecule has 2 aromatic heterocycles. The molecule has 0 spiro atoms. The van der Waals surface area contributed by atoms with Crippen molar-refractivity contribution in [3.05, 3.63) is 188 Å². The van der Waals surface area contributed by atoms with E-state index in [1.165, 1.54) is 27.1 Å². The smallest absolute Gasteiger partial charge is 0.143 e. The van der Waals surface area contributed by atoms with Crippen LogP contribution in [0, 0.1) is 0 Å². The number of hydrogen-bond donors (Lipinski definition) is 0. The van der Waals surface area contributed by atoms with E-state index in [9.17, 15) is 0 Å². The molecule has 2 heterocycles. The highest BCUT2D eigenvalue weighted by Gasteiger charge is 2.22. The average Bonchev–Trinajstić information content (AvgIpc) is 3.78. The van der Waals surface area contributed by atoms with Crippen molar-refractivity contribution < 1.29 is 8.83 Å². The summed E-state index contributed by atoms with van der Waals surface area (Å²) in [7, 11) is 0. The monoisotopic (exact) mass is 677 g/mol. The maximum atomic E-state index is 6.76. The minimum atomic E-state index is 0.850. The van der Waals surface area contributed by atoms with Gasteiger partial charge in [-0.2, -0.15) is 0 Å². The Hall–Kier alpha value is -7.10. The minimum absolute atomic E-state index is 0.850. The van der Waals surface area contributed by atoms with Crippen molar-refractivity contribution >= 4 is 82.5 Å². The SMILES string of the molecule is c1cc(-c2ccc3ccccc3c2)cc(N(c2ccc3c(c2)oc2ccccc23)c2ccccc2-c2cccc3c2oc2cc4ccccc4cc23)c1. The lowest BCUT2D eigenvalue weighted by Gasteiger charge is -2.28. The van der Waals surface area contributed by atoms with Crippen LogP contribution in [0.3, 0.4) is 0 Å². The molecular formula is C50H31NO2. The summed E-state index contributed by atoms with van der Waals surface area (Å²) in [4.78, 5) is 2.35. The Morgan fingerprint density at radius 2 is 0.962 bits per heavy atom. The van der Waals surface area contributed by atoms with Crippen LogP contribution in [0.15, 0.2) is 197 Å². The van der Waals surface area contributed by atoms with Crippen molar-refractivity contribution in [1.82, 2.24) is 0 Å². The molecule has 0 aliphatic carbocycles. The number of anilines is 3. The highest BCUT2D eigenvalue weighted by Crippen LogP contribution is 2.46. The van der Waals surface area contributed by atoms with E-state index in [-0.39, 0.29) is 0 Å². The number of hydrogen-bond acceptors (Lipinski definition) is 3. The van der Waals surface area contributed by atoms with Gasteiger partial charge in [-0.25, -0.2) is 0 Å². The van der Waals surface area contributed by atoms with Gasteiger partial charge in [-0.15, -0.1) is 0 Å². The van der Waals surface area contributed by atoms with Gasteiger partial charge in [0.25, 0.3) is 0 Å². The number of benzene rings is 9. The molecule has 248 valence electrons. The predicted molar refractivity (Wildman–Crippen MR) is 222 cm³/mol. The summed E-state index contributed by atoms with van der Waals surface area (Å²) < 4.78 is 13.2. The van der Waals surface area contributed by atoms with Gasteiger partial charge >= 0.3 is 0 Å². The maximum Gasteiger partial charge on any atom is 0.143 e. The first-order chi connectivity index (χ1) is 26.2. The molecule has 0 saturated heterocycles. The van der Waals surface area contributed by atoms with Crippen LogP contribution in [0.2, 0.25) is 0 Å². The van der Waals surface area contributed by atoms with E-state index in [0.717, 1.165) is 77.6 Å². The third kappa shape index (κ3) is 4.82. The fraction of sp³-hybridized carbons (Fsp3) is 0. The van der Waals surface area contributed by atoms with Gasteiger partial charge in [0, 0.05) is 50.1 Å². The molecule has 0 aliphatic rings. The zero-order valence-corrected chi connectivity index (χ0v) is 28.7. The predicted octanol–water partition coefficient (Wildman–Crippen LogP) is 14.6. The van der Waals surface area contributed by atoms with Crippen LogP contribution in [0.1, 0.15) is 0 Å². The van der Waals surface area contributed by atoms with Gasteiger partial charge < -0.3 is 13.7 Å². The van der Waals surface area contributed by atoms with Crippen molar-refractivity contribution in [2.24, 2.45) is 0 Å². The van der Waals surface area contributed by atoms with Crippen LogP contribution in [-0.4, -0.2) is 0 Å². The van der Waals surface area contributed by atoms with E-state index in [1.54, 1.807) is 0 Å². The molecule has 11 aromatic rings. The van der Waals surface area contributed by atoms with Gasteiger partial charge in [-0.05, 0) is 87.3 Å². The van der Waals surface area contributed by atoms with Crippen molar-refractivity contribution in [1.29, 1.82) is 0 Å². The number of para-hydroxylation sites is 3. The second kappa shape index (κ2) is 11.7. The third-order valence-electron chi connectivity index (χ3n) is 10.6. The topological polar surface area (TPSA) is 29.5 Å². The molecule has 3 heteroatoms. The van der Waals surface area contributed by atoms with Crippen molar-refractivity contribution in [3.63, 3.8) is 0 Å². The van der Waals surface area contributed by atoms with Crippen LogP contribution >= 0.6 is 0 Å². The number of furan rings is 2.